The van der Waals surface area contributed by atoms with Gasteiger partial charge in [0.05, 0.1) is 24.4 Å². The average Bonchev–Trinajstić information content (AvgIpc) is 2.68. The number of benzene rings is 2. The summed E-state index contributed by atoms with van der Waals surface area (Å²) >= 11 is 0. The van der Waals surface area contributed by atoms with Crippen LogP contribution in [0.25, 0.3) is 21.7 Å². The van der Waals surface area contributed by atoms with E-state index in [0.29, 0.717) is 5.69 Å². The molecular weight excluding hydrogens is 342 g/mol. The van der Waals surface area contributed by atoms with Crippen LogP contribution in [0.3, 0.4) is 0 Å². The van der Waals surface area contributed by atoms with E-state index in [1.807, 2.05) is 48.5 Å². The van der Waals surface area contributed by atoms with Crippen LogP contribution in [0.2, 0.25) is 0 Å². The zero-order valence-electron chi connectivity index (χ0n) is 15.8. The average molecular weight is 365 g/mol. The molecule has 5 nitrogen and oxygen atoms in total. The predicted octanol–water partition coefficient (Wildman–Crippen LogP) is 4.06. The zero-order valence-corrected chi connectivity index (χ0v) is 15.8. The summed E-state index contributed by atoms with van der Waals surface area (Å²) in [6.45, 7) is 5.38. The number of rotatable bonds is 6. The Morgan fingerprint density at radius 2 is 1.37 bits per heavy atom. The number of nitrogens with zero attached hydrogens (tertiary/aromatic N) is 1. The molecule has 0 saturated carbocycles. The fourth-order valence-electron chi connectivity index (χ4n) is 3.25. The van der Waals surface area contributed by atoms with Crippen LogP contribution in [0.4, 0.5) is 0 Å². The lowest BCUT2D eigenvalue weighted by atomic mass is 9.83. The van der Waals surface area contributed by atoms with E-state index >= 15 is 0 Å². The largest absolute Gasteiger partial charge is 0.465 e. The van der Waals surface area contributed by atoms with Crippen molar-refractivity contribution in [2.24, 2.45) is 5.41 Å². The van der Waals surface area contributed by atoms with E-state index in [4.69, 9.17) is 14.5 Å². The molecule has 0 aliphatic heterocycles. The van der Waals surface area contributed by atoms with E-state index in [1.165, 1.54) is 0 Å². The summed E-state index contributed by atoms with van der Waals surface area (Å²) in [5, 5.41) is 2.98. The van der Waals surface area contributed by atoms with Crippen molar-refractivity contribution >= 4 is 33.6 Å². The number of para-hydroxylation sites is 1. The van der Waals surface area contributed by atoms with Gasteiger partial charge in [-0.3, -0.25) is 14.6 Å². The summed E-state index contributed by atoms with van der Waals surface area (Å²) in [6, 6.07) is 15.7. The van der Waals surface area contributed by atoms with Gasteiger partial charge in [0.15, 0.2) is 5.41 Å². The number of ether oxygens (including phenoxy) is 2. The molecule has 1 aromatic heterocycles. The first kappa shape index (κ1) is 18.8. The van der Waals surface area contributed by atoms with Crippen molar-refractivity contribution < 1.29 is 19.1 Å². The lowest BCUT2D eigenvalue weighted by Gasteiger charge is -2.25. The smallest absolute Gasteiger partial charge is 0.323 e. The van der Waals surface area contributed by atoms with Crippen LogP contribution in [-0.2, 0) is 25.5 Å². The van der Waals surface area contributed by atoms with E-state index in [2.05, 4.69) is 0 Å². The highest BCUT2D eigenvalue weighted by Gasteiger charge is 2.45. The van der Waals surface area contributed by atoms with Crippen LogP contribution in [0.5, 0.6) is 0 Å². The molecule has 0 fully saturated rings. The minimum absolute atomic E-state index is 0.107. The molecule has 0 aliphatic rings. The summed E-state index contributed by atoms with van der Waals surface area (Å²) in [5.74, 6) is -1.19. The third kappa shape index (κ3) is 3.50. The lowest BCUT2D eigenvalue weighted by molar-refractivity contribution is -0.170. The molecule has 0 radical (unpaired) electrons. The maximum absolute atomic E-state index is 12.6. The Balaban J connectivity index is 2.16. The standard InChI is InChI=1S/C22H23NO4/c1-4-26-20(24)22(3,21(25)27-5-2)14-19-17-12-7-6-10-15(17)16-11-8-9-13-18(16)23-19/h6-13H,4-5,14H2,1-3H3. The second-order valence-electron chi connectivity index (χ2n) is 6.57. The molecular formula is C22H23NO4. The Bertz CT molecular complexity index is 978. The van der Waals surface area contributed by atoms with E-state index in [-0.39, 0.29) is 19.6 Å². The fourth-order valence-corrected chi connectivity index (χ4v) is 3.25. The van der Waals surface area contributed by atoms with Gasteiger partial charge < -0.3 is 9.47 Å². The molecule has 2 aromatic carbocycles. The van der Waals surface area contributed by atoms with Gasteiger partial charge in [0.1, 0.15) is 0 Å². The molecule has 3 aromatic rings. The Kier molecular flexibility index (Phi) is 5.40. The number of hydrogen-bond acceptors (Lipinski definition) is 5. The van der Waals surface area contributed by atoms with Crippen LogP contribution >= 0.6 is 0 Å². The van der Waals surface area contributed by atoms with Gasteiger partial charge in [-0.05, 0) is 32.2 Å². The molecule has 5 heteroatoms. The molecule has 140 valence electrons. The summed E-state index contributed by atoms with van der Waals surface area (Å²) < 4.78 is 10.4. The SMILES string of the molecule is CCOC(=O)C(C)(Cc1nc2ccccc2c2ccccc12)C(=O)OCC. The number of carbonyl (C=O) groups is 2. The maximum atomic E-state index is 12.6. The number of esters is 2. The minimum Gasteiger partial charge on any atom is -0.465 e. The van der Waals surface area contributed by atoms with Crippen molar-refractivity contribution in [1.29, 1.82) is 0 Å². The fraction of sp³-hybridized carbons (Fsp3) is 0.318. The van der Waals surface area contributed by atoms with E-state index in [9.17, 15) is 9.59 Å². The molecule has 0 saturated heterocycles. The molecule has 1 heterocycles. The van der Waals surface area contributed by atoms with Gasteiger partial charge in [-0.25, -0.2) is 0 Å². The van der Waals surface area contributed by atoms with E-state index < -0.39 is 17.4 Å². The number of pyridine rings is 1. The van der Waals surface area contributed by atoms with Gasteiger partial charge in [-0.2, -0.15) is 0 Å². The summed E-state index contributed by atoms with van der Waals surface area (Å²) in [4.78, 5) is 30.0. The highest BCUT2D eigenvalue weighted by molar-refractivity contribution is 6.07. The van der Waals surface area contributed by atoms with Crippen molar-refractivity contribution in [3.8, 4) is 0 Å². The Labute approximate surface area is 158 Å². The third-order valence-corrected chi connectivity index (χ3v) is 4.66. The van der Waals surface area contributed by atoms with Crippen molar-refractivity contribution in [2.45, 2.75) is 27.2 Å². The predicted molar refractivity (Wildman–Crippen MR) is 104 cm³/mol. The lowest BCUT2D eigenvalue weighted by Crippen LogP contribution is -2.41. The monoisotopic (exact) mass is 365 g/mol. The first-order valence-corrected chi connectivity index (χ1v) is 9.12. The molecule has 0 bridgehead atoms. The summed E-state index contributed by atoms with van der Waals surface area (Å²) in [5.41, 5.74) is 0.0405. The van der Waals surface area contributed by atoms with Crippen LogP contribution in [0, 0.1) is 5.41 Å². The Morgan fingerprint density at radius 3 is 1.96 bits per heavy atom. The van der Waals surface area contributed by atoms with Crippen molar-refractivity contribution in [2.75, 3.05) is 13.2 Å². The molecule has 0 amide bonds. The first-order valence-electron chi connectivity index (χ1n) is 9.12. The minimum atomic E-state index is -1.45. The van der Waals surface area contributed by atoms with Crippen LogP contribution < -0.4 is 0 Å². The molecule has 0 aliphatic carbocycles. The topological polar surface area (TPSA) is 65.5 Å². The quantitative estimate of drug-likeness (QED) is 0.374. The highest BCUT2D eigenvalue weighted by atomic mass is 16.6. The van der Waals surface area contributed by atoms with Crippen molar-refractivity contribution in [1.82, 2.24) is 4.98 Å². The van der Waals surface area contributed by atoms with Gasteiger partial charge >= 0.3 is 11.9 Å². The number of fused-ring (bicyclic) bond motifs is 3. The molecule has 3 rings (SSSR count). The van der Waals surface area contributed by atoms with Crippen molar-refractivity contribution in [3.05, 3.63) is 54.2 Å². The zero-order chi connectivity index (χ0) is 19.4. The van der Waals surface area contributed by atoms with Crippen molar-refractivity contribution in [3.63, 3.8) is 0 Å². The van der Waals surface area contributed by atoms with Crippen LogP contribution in [0.15, 0.2) is 48.5 Å². The highest BCUT2D eigenvalue weighted by Crippen LogP contribution is 2.32. The second kappa shape index (κ2) is 7.74. The molecule has 0 atom stereocenters. The van der Waals surface area contributed by atoms with E-state index in [0.717, 1.165) is 21.7 Å². The van der Waals surface area contributed by atoms with E-state index in [1.54, 1.807) is 20.8 Å². The third-order valence-electron chi connectivity index (χ3n) is 4.66. The van der Waals surface area contributed by atoms with Crippen LogP contribution in [-0.4, -0.2) is 30.1 Å². The van der Waals surface area contributed by atoms with Gasteiger partial charge in [0, 0.05) is 17.2 Å². The molecule has 0 unspecified atom stereocenters. The summed E-state index contributed by atoms with van der Waals surface area (Å²) in [6.07, 6.45) is 0.107. The number of hydrogen-bond donors (Lipinski definition) is 0. The first-order chi connectivity index (χ1) is 13.0. The molecule has 27 heavy (non-hydrogen) atoms. The number of aromatic nitrogens is 1. The van der Waals surface area contributed by atoms with Gasteiger partial charge in [0.25, 0.3) is 0 Å². The van der Waals surface area contributed by atoms with Gasteiger partial charge in [-0.1, -0.05) is 42.5 Å². The Hall–Kier alpha value is -2.95. The molecule has 0 N–H and O–H groups in total. The van der Waals surface area contributed by atoms with Gasteiger partial charge in [-0.15, -0.1) is 0 Å². The van der Waals surface area contributed by atoms with Crippen LogP contribution in [0.1, 0.15) is 26.5 Å². The normalized spacial score (nSPS) is 11.5. The number of carbonyl (C=O) groups excluding carboxylic acids is 2. The second-order valence-corrected chi connectivity index (χ2v) is 6.57. The Morgan fingerprint density at radius 1 is 0.852 bits per heavy atom. The molecule has 0 spiro atoms. The van der Waals surface area contributed by atoms with Gasteiger partial charge in [0.2, 0.25) is 0 Å². The maximum Gasteiger partial charge on any atom is 0.323 e. The summed E-state index contributed by atoms with van der Waals surface area (Å²) in [7, 11) is 0.